The molecule has 10 heteroatoms. The number of aliphatic hydroxyl groups excluding tert-OH is 3. The lowest BCUT2D eigenvalue weighted by Crippen LogP contribution is -2.61. The Kier molecular flexibility index (Phi) is 8.02. The fourth-order valence-corrected chi connectivity index (χ4v) is 4.63. The number of hydrogen-bond donors (Lipinski definition) is 5. The summed E-state index contributed by atoms with van der Waals surface area (Å²) < 4.78 is 19.9. The summed E-state index contributed by atoms with van der Waals surface area (Å²) in [6, 6.07) is 4.47. The molecule has 1 heterocycles. The van der Waals surface area contributed by atoms with Crippen LogP contribution in [0.15, 0.2) is 41.4 Å². The first-order chi connectivity index (χ1) is 15.7. The summed E-state index contributed by atoms with van der Waals surface area (Å²) in [5.41, 5.74) is -0.353. The van der Waals surface area contributed by atoms with E-state index in [1.54, 1.807) is 11.0 Å². The first-order valence-corrected chi connectivity index (χ1v) is 11.4. The minimum atomic E-state index is -1.65. The lowest BCUT2D eigenvalue weighted by molar-refractivity contribution is -0.119. The van der Waals surface area contributed by atoms with Crippen LogP contribution >= 0.6 is 11.6 Å². The van der Waals surface area contributed by atoms with Gasteiger partial charge in [-0.2, -0.15) is 0 Å². The molecule has 1 aliphatic carbocycles. The minimum absolute atomic E-state index is 0.0217. The van der Waals surface area contributed by atoms with Crippen LogP contribution in [0, 0.1) is 5.82 Å². The second-order valence-corrected chi connectivity index (χ2v) is 8.68. The Labute approximate surface area is 197 Å². The second kappa shape index (κ2) is 10.4. The summed E-state index contributed by atoms with van der Waals surface area (Å²) in [5, 5.41) is 37.2. The van der Waals surface area contributed by atoms with E-state index in [9.17, 15) is 24.5 Å². The molecule has 1 fully saturated rings. The highest BCUT2D eigenvalue weighted by atomic mass is 35.5. The quantitative estimate of drug-likeness (QED) is 0.342. The maximum absolute atomic E-state index is 14.2. The van der Waals surface area contributed by atoms with Gasteiger partial charge in [-0.15, -0.1) is 0 Å². The van der Waals surface area contributed by atoms with Gasteiger partial charge in [-0.05, 0) is 39.3 Å². The molecule has 8 nitrogen and oxygen atoms in total. The van der Waals surface area contributed by atoms with Crippen LogP contribution in [-0.4, -0.2) is 63.8 Å². The predicted octanol–water partition coefficient (Wildman–Crippen LogP) is 2.31. The molecule has 1 saturated carbocycles. The zero-order chi connectivity index (χ0) is 24.3. The molecule has 2 aliphatic rings. The van der Waals surface area contributed by atoms with Crippen LogP contribution in [0.1, 0.15) is 38.7 Å². The SMILES string of the molecule is CCOC1CC(CC)(N2C=C(C(=O)NCc3cccc(Cl)c3F)C(O)C(O)=C2C(O)NC)C1. The van der Waals surface area contributed by atoms with Gasteiger partial charge in [0.2, 0.25) is 0 Å². The number of aliphatic hydroxyl groups is 3. The Morgan fingerprint density at radius 1 is 1.39 bits per heavy atom. The van der Waals surface area contributed by atoms with Gasteiger partial charge in [-0.1, -0.05) is 30.7 Å². The Hall–Kier alpha value is -2.17. The first-order valence-electron chi connectivity index (χ1n) is 11.0. The third-order valence-corrected chi connectivity index (χ3v) is 6.69. The number of benzene rings is 1. The van der Waals surface area contributed by atoms with Crippen LogP contribution in [0.5, 0.6) is 0 Å². The number of carbonyl (C=O) groups is 1. The maximum atomic E-state index is 14.2. The van der Waals surface area contributed by atoms with Crippen molar-refractivity contribution in [3.63, 3.8) is 0 Å². The standard InChI is InChI=1S/C23H31ClFN3O5/c1-4-23(9-14(10-23)33-5-2)28-12-15(19(29)20(30)18(28)22(32)26-3)21(31)27-11-13-7-6-8-16(24)17(13)25/h6-8,12,14,19,22,26,29-30,32H,4-5,9-11H2,1-3H3,(H,27,31). The molecule has 182 valence electrons. The smallest absolute Gasteiger partial charge is 0.252 e. The maximum Gasteiger partial charge on any atom is 0.252 e. The number of nitrogens with zero attached hydrogens (tertiary/aromatic N) is 1. The Morgan fingerprint density at radius 3 is 2.70 bits per heavy atom. The van der Waals surface area contributed by atoms with Gasteiger partial charge in [0.05, 0.1) is 16.7 Å². The van der Waals surface area contributed by atoms with E-state index in [0.29, 0.717) is 25.9 Å². The van der Waals surface area contributed by atoms with Crippen LogP contribution in [0.3, 0.4) is 0 Å². The van der Waals surface area contributed by atoms with Crippen molar-refractivity contribution in [2.45, 2.75) is 63.6 Å². The van der Waals surface area contributed by atoms with Crippen molar-refractivity contribution in [1.29, 1.82) is 0 Å². The summed E-state index contributed by atoms with van der Waals surface area (Å²) >= 11 is 5.80. The first kappa shape index (κ1) is 25.5. The molecule has 0 aromatic heterocycles. The van der Waals surface area contributed by atoms with E-state index in [-0.39, 0.29) is 34.5 Å². The second-order valence-electron chi connectivity index (χ2n) is 8.28. The van der Waals surface area contributed by atoms with Gasteiger partial charge in [-0.3, -0.25) is 10.1 Å². The molecule has 0 spiro atoms. The largest absolute Gasteiger partial charge is 0.507 e. The van der Waals surface area contributed by atoms with Crippen molar-refractivity contribution >= 4 is 17.5 Å². The minimum Gasteiger partial charge on any atom is -0.507 e. The van der Waals surface area contributed by atoms with Crippen LogP contribution in [-0.2, 0) is 16.1 Å². The third kappa shape index (κ3) is 4.88. The highest BCUT2D eigenvalue weighted by Crippen LogP contribution is 2.47. The molecule has 2 unspecified atom stereocenters. The van der Waals surface area contributed by atoms with E-state index in [2.05, 4.69) is 10.6 Å². The molecule has 1 aliphatic heterocycles. The monoisotopic (exact) mass is 483 g/mol. The number of nitrogens with one attached hydrogen (secondary N) is 2. The molecule has 2 atom stereocenters. The molecule has 1 amide bonds. The van der Waals surface area contributed by atoms with E-state index in [1.165, 1.54) is 25.4 Å². The van der Waals surface area contributed by atoms with E-state index < -0.39 is 35.4 Å². The number of hydrogen-bond acceptors (Lipinski definition) is 7. The van der Waals surface area contributed by atoms with Crippen molar-refractivity contribution in [1.82, 2.24) is 15.5 Å². The summed E-state index contributed by atoms with van der Waals surface area (Å²) in [5.74, 6) is -1.84. The molecule has 0 bridgehead atoms. The number of halogens is 2. The van der Waals surface area contributed by atoms with Gasteiger partial charge in [0.1, 0.15) is 29.6 Å². The fourth-order valence-electron chi connectivity index (χ4n) is 4.43. The van der Waals surface area contributed by atoms with E-state index in [0.717, 1.165) is 0 Å². The van der Waals surface area contributed by atoms with Crippen LogP contribution < -0.4 is 10.6 Å². The lowest BCUT2D eigenvalue weighted by atomic mass is 9.70. The molecule has 1 aromatic rings. The van der Waals surface area contributed by atoms with Crippen LogP contribution in [0.4, 0.5) is 4.39 Å². The Balaban J connectivity index is 1.89. The Bertz CT molecular complexity index is 948. The Morgan fingerprint density at radius 2 is 2.09 bits per heavy atom. The molecule has 3 rings (SSSR count). The predicted molar refractivity (Wildman–Crippen MR) is 122 cm³/mol. The van der Waals surface area contributed by atoms with Crippen molar-refractivity contribution < 1.29 is 29.2 Å². The van der Waals surface area contributed by atoms with Gasteiger partial charge in [-0.25, -0.2) is 4.39 Å². The normalized spacial score (nSPS) is 26.0. The molecular formula is C23H31ClFN3O5. The third-order valence-electron chi connectivity index (χ3n) is 6.40. The zero-order valence-corrected chi connectivity index (χ0v) is 19.7. The average molecular weight is 484 g/mol. The van der Waals surface area contributed by atoms with Gasteiger partial charge >= 0.3 is 0 Å². The number of likely N-dealkylation sites (N-methyl/N-ethyl adjacent to an activating group) is 1. The van der Waals surface area contributed by atoms with Gasteiger partial charge < -0.3 is 30.3 Å². The molecular weight excluding hydrogens is 453 g/mol. The average Bonchev–Trinajstić information content (AvgIpc) is 2.78. The highest BCUT2D eigenvalue weighted by Gasteiger charge is 2.51. The summed E-state index contributed by atoms with van der Waals surface area (Å²) in [6.07, 6.45) is 0.456. The number of carbonyl (C=O) groups excluding carboxylic acids is 1. The van der Waals surface area contributed by atoms with E-state index in [1.807, 2.05) is 13.8 Å². The number of ether oxygens (including phenoxy) is 1. The van der Waals surface area contributed by atoms with Gasteiger partial charge in [0.15, 0.2) is 0 Å². The molecule has 33 heavy (non-hydrogen) atoms. The van der Waals surface area contributed by atoms with Crippen molar-refractivity contribution in [2.75, 3.05) is 13.7 Å². The molecule has 0 saturated heterocycles. The fraction of sp³-hybridized carbons (Fsp3) is 0.522. The molecule has 0 radical (unpaired) electrons. The number of amides is 1. The topological polar surface area (TPSA) is 114 Å². The van der Waals surface area contributed by atoms with Crippen LogP contribution in [0.2, 0.25) is 5.02 Å². The van der Waals surface area contributed by atoms with Gasteiger partial charge in [0.25, 0.3) is 5.91 Å². The lowest BCUT2D eigenvalue weighted by Gasteiger charge is -2.55. The van der Waals surface area contributed by atoms with Crippen molar-refractivity contribution in [3.05, 3.63) is 57.8 Å². The van der Waals surface area contributed by atoms with Crippen LogP contribution in [0.25, 0.3) is 0 Å². The zero-order valence-electron chi connectivity index (χ0n) is 18.9. The summed E-state index contributed by atoms with van der Waals surface area (Å²) in [6.45, 7) is 4.30. The summed E-state index contributed by atoms with van der Waals surface area (Å²) in [7, 11) is 1.52. The number of rotatable bonds is 9. The highest BCUT2D eigenvalue weighted by molar-refractivity contribution is 6.30. The summed E-state index contributed by atoms with van der Waals surface area (Å²) in [4.78, 5) is 14.6. The van der Waals surface area contributed by atoms with E-state index >= 15 is 0 Å². The van der Waals surface area contributed by atoms with Crippen molar-refractivity contribution in [3.8, 4) is 0 Å². The van der Waals surface area contributed by atoms with Crippen molar-refractivity contribution in [2.24, 2.45) is 0 Å². The van der Waals surface area contributed by atoms with Gasteiger partial charge in [0, 0.05) is 30.5 Å². The molecule has 5 N–H and O–H groups in total. The molecule has 1 aromatic carbocycles. The van der Waals surface area contributed by atoms with E-state index in [4.69, 9.17) is 16.3 Å².